The van der Waals surface area contributed by atoms with Crippen LogP contribution >= 0.6 is 0 Å². The highest BCUT2D eigenvalue weighted by molar-refractivity contribution is 5.83. The molecule has 7 nitrogen and oxygen atoms in total. The summed E-state index contributed by atoms with van der Waals surface area (Å²) < 4.78 is 0. The Hall–Kier alpha value is -1.79. The van der Waals surface area contributed by atoms with Crippen LogP contribution in [0, 0.1) is 5.41 Å². The Kier molecular flexibility index (Phi) is 6.15. The molecule has 104 valence electrons. The van der Waals surface area contributed by atoms with Crippen LogP contribution in [0.2, 0.25) is 0 Å². The summed E-state index contributed by atoms with van der Waals surface area (Å²) in [4.78, 5) is 32.9. The molecule has 0 heterocycles. The van der Waals surface area contributed by atoms with Crippen molar-refractivity contribution in [2.45, 2.75) is 39.7 Å². The van der Waals surface area contributed by atoms with Gasteiger partial charge in [0.1, 0.15) is 6.04 Å². The fourth-order valence-corrected chi connectivity index (χ4v) is 1.10. The van der Waals surface area contributed by atoms with E-state index in [1.807, 2.05) is 20.8 Å². The van der Waals surface area contributed by atoms with E-state index in [1.165, 1.54) is 0 Å². The zero-order valence-corrected chi connectivity index (χ0v) is 10.9. The van der Waals surface area contributed by atoms with Gasteiger partial charge in [-0.05, 0) is 11.8 Å². The molecule has 0 aliphatic heterocycles. The van der Waals surface area contributed by atoms with E-state index in [4.69, 9.17) is 10.8 Å². The Bertz CT molecular complexity index is 323. The van der Waals surface area contributed by atoms with E-state index in [9.17, 15) is 14.4 Å². The van der Waals surface area contributed by atoms with Gasteiger partial charge in [0.2, 0.25) is 5.91 Å². The first-order chi connectivity index (χ1) is 8.11. The summed E-state index contributed by atoms with van der Waals surface area (Å²) in [5, 5.41) is 13.7. The summed E-state index contributed by atoms with van der Waals surface area (Å²) in [5.41, 5.74) is 4.83. The molecule has 0 radical (unpaired) electrons. The number of primary amides is 1. The number of nitrogens with two attached hydrogens (primary N) is 1. The molecule has 0 aromatic rings. The van der Waals surface area contributed by atoms with Gasteiger partial charge in [0.25, 0.3) is 0 Å². The number of carbonyl (C=O) groups excluding carboxylic acids is 2. The van der Waals surface area contributed by atoms with E-state index in [-0.39, 0.29) is 18.3 Å². The number of amides is 3. The second-order valence-corrected chi connectivity index (χ2v) is 5.28. The van der Waals surface area contributed by atoms with Crippen molar-refractivity contribution in [3.05, 3.63) is 0 Å². The van der Waals surface area contributed by atoms with Crippen LogP contribution in [-0.2, 0) is 9.59 Å². The third kappa shape index (κ3) is 8.37. The summed E-state index contributed by atoms with van der Waals surface area (Å²) in [5.74, 6) is -1.79. The SMILES string of the molecule is CC(C)(C)CNC(=O)NC(CCC(N)=O)C(=O)O. The number of carboxylic acid groups (broad SMARTS) is 1. The van der Waals surface area contributed by atoms with E-state index >= 15 is 0 Å². The minimum Gasteiger partial charge on any atom is -0.480 e. The summed E-state index contributed by atoms with van der Waals surface area (Å²) in [6.45, 7) is 6.24. The smallest absolute Gasteiger partial charge is 0.326 e. The number of nitrogens with one attached hydrogen (secondary N) is 2. The molecule has 0 rings (SSSR count). The Morgan fingerprint density at radius 3 is 2.22 bits per heavy atom. The molecule has 0 aromatic heterocycles. The third-order valence-corrected chi connectivity index (χ3v) is 2.06. The van der Waals surface area contributed by atoms with E-state index in [0.29, 0.717) is 6.54 Å². The molecule has 3 amide bonds. The first-order valence-electron chi connectivity index (χ1n) is 5.67. The van der Waals surface area contributed by atoms with E-state index in [1.54, 1.807) is 0 Å². The minimum absolute atomic E-state index is 0.0202. The lowest BCUT2D eigenvalue weighted by Crippen LogP contribution is -2.48. The second-order valence-electron chi connectivity index (χ2n) is 5.28. The lowest BCUT2D eigenvalue weighted by molar-refractivity contribution is -0.139. The molecule has 18 heavy (non-hydrogen) atoms. The van der Waals surface area contributed by atoms with Crippen LogP contribution in [0.25, 0.3) is 0 Å². The first kappa shape index (κ1) is 16.2. The molecule has 0 fully saturated rings. The van der Waals surface area contributed by atoms with Crippen LogP contribution in [0.15, 0.2) is 0 Å². The van der Waals surface area contributed by atoms with E-state index in [0.717, 1.165) is 0 Å². The minimum atomic E-state index is -1.19. The van der Waals surface area contributed by atoms with Crippen molar-refractivity contribution >= 4 is 17.9 Å². The van der Waals surface area contributed by atoms with Crippen molar-refractivity contribution in [3.8, 4) is 0 Å². The summed E-state index contributed by atoms with van der Waals surface area (Å²) in [6.07, 6.45) is -0.107. The molecule has 0 bridgehead atoms. The number of urea groups is 1. The lowest BCUT2D eigenvalue weighted by Gasteiger charge is -2.20. The predicted octanol–water partition coefficient (Wildman–Crippen LogP) is 0.0504. The lowest BCUT2D eigenvalue weighted by atomic mass is 9.97. The third-order valence-electron chi connectivity index (χ3n) is 2.06. The Labute approximate surface area is 106 Å². The molecule has 5 N–H and O–H groups in total. The number of hydrogen-bond acceptors (Lipinski definition) is 3. The normalized spacial score (nSPS) is 12.6. The standard InChI is InChI=1S/C11H21N3O4/c1-11(2,3)6-13-10(18)14-7(9(16)17)4-5-8(12)15/h7H,4-6H2,1-3H3,(H2,12,15)(H,16,17)(H2,13,14,18). The highest BCUT2D eigenvalue weighted by Gasteiger charge is 2.21. The molecule has 0 aliphatic rings. The van der Waals surface area contributed by atoms with Gasteiger partial charge in [-0.2, -0.15) is 0 Å². The quantitative estimate of drug-likeness (QED) is 0.538. The van der Waals surface area contributed by atoms with Gasteiger partial charge in [0, 0.05) is 13.0 Å². The fraction of sp³-hybridized carbons (Fsp3) is 0.727. The molecular formula is C11H21N3O4. The monoisotopic (exact) mass is 259 g/mol. The fourth-order valence-electron chi connectivity index (χ4n) is 1.10. The average molecular weight is 259 g/mol. The van der Waals surface area contributed by atoms with Gasteiger partial charge in [-0.3, -0.25) is 4.79 Å². The van der Waals surface area contributed by atoms with Gasteiger partial charge in [-0.1, -0.05) is 20.8 Å². The van der Waals surface area contributed by atoms with Gasteiger partial charge < -0.3 is 21.5 Å². The van der Waals surface area contributed by atoms with Gasteiger partial charge in [-0.15, -0.1) is 0 Å². The molecule has 7 heteroatoms. The van der Waals surface area contributed by atoms with Gasteiger partial charge in [0.05, 0.1) is 0 Å². The van der Waals surface area contributed by atoms with Crippen LogP contribution in [0.1, 0.15) is 33.6 Å². The van der Waals surface area contributed by atoms with E-state index < -0.39 is 23.9 Å². The Morgan fingerprint density at radius 1 is 1.28 bits per heavy atom. The summed E-state index contributed by atoms with van der Waals surface area (Å²) in [6, 6.07) is -1.68. The van der Waals surface area contributed by atoms with Crippen molar-refractivity contribution in [2.75, 3.05) is 6.54 Å². The zero-order valence-electron chi connectivity index (χ0n) is 10.9. The second kappa shape index (κ2) is 6.83. The molecule has 0 spiro atoms. The molecule has 1 unspecified atom stereocenters. The van der Waals surface area contributed by atoms with Crippen LogP contribution in [0.5, 0.6) is 0 Å². The highest BCUT2D eigenvalue weighted by Crippen LogP contribution is 2.10. The summed E-state index contributed by atoms with van der Waals surface area (Å²) in [7, 11) is 0. The Morgan fingerprint density at radius 2 is 1.83 bits per heavy atom. The molecule has 0 aliphatic carbocycles. The zero-order chi connectivity index (χ0) is 14.3. The van der Waals surface area contributed by atoms with Crippen LogP contribution in [0.4, 0.5) is 4.79 Å². The number of carbonyl (C=O) groups is 3. The molecule has 0 aromatic carbocycles. The average Bonchev–Trinajstić information content (AvgIpc) is 2.19. The number of hydrogen-bond donors (Lipinski definition) is 4. The van der Waals surface area contributed by atoms with Crippen LogP contribution in [-0.4, -0.2) is 35.6 Å². The number of carboxylic acids is 1. The molecular weight excluding hydrogens is 238 g/mol. The first-order valence-corrected chi connectivity index (χ1v) is 5.67. The van der Waals surface area contributed by atoms with Gasteiger partial charge >= 0.3 is 12.0 Å². The van der Waals surface area contributed by atoms with Crippen molar-refractivity contribution < 1.29 is 19.5 Å². The molecule has 0 saturated heterocycles. The van der Waals surface area contributed by atoms with Gasteiger partial charge in [-0.25, -0.2) is 9.59 Å². The predicted molar refractivity (Wildman–Crippen MR) is 65.8 cm³/mol. The highest BCUT2D eigenvalue weighted by atomic mass is 16.4. The Balaban J connectivity index is 4.20. The van der Waals surface area contributed by atoms with Gasteiger partial charge in [0.15, 0.2) is 0 Å². The topological polar surface area (TPSA) is 122 Å². The maximum Gasteiger partial charge on any atom is 0.326 e. The van der Waals surface area contributed by atoms with Crippen LogP contribution < -0.4 is 16.4 Å². The van der Waals surface area contributed by atoms with E-state index in [2.05, 4.69) is 10.6 Å². The van der Waals surface area contributed by atoms with Crippen LogP contribution in [0.3, 0.4) is 0 Å². The molecule has 0 saturated carbocycles. The van der Waals surface area contributed by atoms with Crippen molar-refractivity contribution in [1.82, 2.24) is 10.6 Å². The number of rotatable bonds is 6. The van der Waals surface area contributed by atoms with Crippen molar-refractivity contribution in [3.63, 3.8) is 0 Å². The maximum absolute atomic E-state index is 11.4. The largest absolute Gasteiger partial charge is 0.480 e. The summed E-state index contributed by atoms with van der Waals surface area (Å²) >= 11 is 0. The maximum atomic E-state index is 11.4. The number of aliphatic carboxylic acids is 1. The van der Waals surface area contributed by atoms with Crippen molar-refractivity contribution in [1.29, 1.82) is 0 Å². The molecule has 1 atom stereocenters. The van der Waals surface area contributed by atoms with Crippen molar-refractivity contribution in [2.24, 2.45) is 11.1 Å².